The number of methoxy groups -OCH3 is 2. The number of allylic oxidation sites excluding steroid dienone is 1. The first-order valence-electron chi connectivity index (χ1n) is 3.68. The average Bonchev–Trinajstić information content (AvgIpc) is 2.03. The van der Waals surface area contributed by atoms with Crippen LogP contribution in [0.15, 0.2) is 12.7 Å². The number of ether oxygens (including phenoxy) is 2. The highest BCUT2D eigenvalue weighted by atomic mass is 16.7. The second-order valence-corrected chi connectivity index (χ2v) is 2.37. The summed E-state index contributed by atoms with van der Waals surface area (Å²) in [5.41, 5.74) is 5.73. The van der Waals surface area contributed by atoms with Gasteiger partial charge >= 0.3 is 0 Å². The highest BCUT2D eigenvalue weighted by molar-refractivity contribution is 4.73. The Morgan fingerprint density at radius 1 is 1.45 bits per heavy atom. The Bertz CT molecular complexity index is 102. The fourth-order valence-corrected chi connectivity index (χ4v) is 0.892. The van der Waals surface area contributed by atoms with Crippen molar-refractivity contribution in [3.63, 3.8) is 0 Å². The van der Waals surface area contributed by atoms with Crippen molar-refractivity contribution in [3.8, 4) is 0 Å². The summed E-state index contributed by atoms with van der Waals surface area (Å²) < 4.78 is 9.95. The molecule has 0 amide bonds. The molecular weight excluding hydrogens is 142 g/mol. The van der Waals surface area contributed by atoms with Gasteiger partial charge in [0.05, 0.1) is 6.04 Å². The number of hydrogen-bond donors (Lipinski definition) is 1. The molecule has 0 aromatic rings. The van der Waals surface area contributed by atoms with Gasteiger partial charge in [-0.15, -0.1) is 6.58 Å². The molecule has 0 aliphatic carbocycles. The minimum absolute atomic E-state index is 0.0667. The molecular formula is C8H17NO2. The van der Waals surface area contributed by atoms with Crippen LogP contribution in [0.3, 0.4) is 0 Å². The summed E-state index contributed by atoms with van der Waals surface area (Å²) >= 11 is 0. The molecule has 0 aliphatic rings. The van der Waals surface area contributed by atoms with Crippen molar-refractivity contribution in [1.82, 2.24) is 0 Å². The zero-order valence-electron chi connectivity index (χ0n) is 7.25. The second kappa shape index (κ2) is 6.34. The SMILES string of the molecule is C=CCCC(N)C(OC)OC. The van der Waals surface area contributed by atoms with Gasteiger partial charge in [0.2, 0.25) is 0 Å². The highest BCUT2D eigenvalue weighted by Gasteiger charge is 2.14. The predicted molar refractivity (Wildman–Crippen MR) is 45.2 cm³/mol. The third-order valence-corrected chi connectivity index (χ3v) is 1.52. The number of hydrogen-bond acceptors (Lipinski definition) is 3. The molecule has 0 aromatic carbocycles. The van der Waals surface area contributed by atoms with Crippen LogP contribution in [0.5, 0.6) is 0 Å². The van der Waals surface area contributed by atoms with Crippen LogP contribution in [0, 0.1) is 0 Å². The van der Waals surface area contributed by atoms with Crippen molar-refractivity contribution in [2.75, 3.05) is 14.2 Å². The molecule has 0 spiro atoms. The Hall–Kier alpha value is -0.380. The van der Waals surface area contributed by atoms with E-state index in [-0.39, 0.29) is 12.3 Å². The molecule has 66 valence electrons. The summed E-state index contributed by atoms with van der Waals surface area (Å²) in [6.07, 6.45) is 3.28. The first-order valence-corrected chi connectivity index (χ1v) is 3.68. The number of rotatable bonds is 6. The molecule has 0 fully saturated rings. The molecule has 11 heavy (non-hydrogen) atoms. The third kappa shape index (κ3) is 4.14. The van der Waals surface area contributed by atoms with Gasteiger partial charge in [0.25, 0.3) is 0 Å². The van der Waals surface area contributed by atoms with Crippen LogP contribution in [0.25, 0.3) is 0 Å². The summed E-state index contributed by atoms with van der Waals surface area (Å²) in [6.45, 7) is 3.61. The van der Waals surface area contributed by atoms with Crippen LogP contribution < -0.4 is 5.73 Å². The molecule has 0 radical (unpaired) electrons. The monoisotopic (exact) mass is 159 g/mol. The molecule has 3 nitrogen and oxygen atoms in total. The summed E-state index contributed by atoms with van der Waals surface area (Å²) in [4.78, 5) is 0. The maximum absolute atomic E-state index is 5.73. The van der Waals surface area contributed by atoms with Gasteiger partial charge in [-0.1, -0.05) is 6.08 Å². The molecule has 0 heterocycles. The van der Waals surface area contributed by atoms with E-state index < -0.39 is 0 Å². The molecule has 0 bridgehead atoms. The minimum atomic E-state index is -0.296. The summed E-state index contributed by atoms with van der Waals surface area (Å²) in [5, 5.41) is 0. The van der Waals surface area contributed by atoms with Gasteiger partial charge < -0.3 is 15.2 Å². The van der Waals surface area contributed by atoms with Gasteiger partial charge in [-0.05, 0) is 12.8 Å². The molecule has 0 saturated carbocycles. The van der Waals surface area contributed by atoms with E-state index in [0.717, 1.165) is 12.8 Å². The highest BCUT2D eigenvalue weighted by Crippen LogP contribution is 2.03. The lowest BCUT2D eigenvalue weighted by Gasteiger charge is -2.19. The van der Waals surface area contributed by atoms with Crippen molar-refractivity contribution in [2.24, 2.45) is 5.73 Å². The first-order chi connectivity index (χ1) is 5.26. The number of nitrogens with two attached hydrogens (primary N) is 1. The molecule has 1 unspecified atom stereocenters. The maximum Gasteiger partial charge on any atom is 0.171 e. The van der Waals surface area contributed by atoms with Crippen molar-refractivity contribution in [2.45, 2.75) is 25.2 Å². The minimum Gasteiger partial charge on any atom is -0.354 e. The zero-order valence-corrected chi connectivity index (χ0v) is 7.25. The summed E-state index contributed by atoms with van der Waals surface area (Å²) in [6, 6.07) is -0.0667. The predicted octanol–water partition coefficient (Wildman–Crippen LogP) is 0.899. The molecule has 0 saturated heterocycles. The Morgan fingerprint density at radius 3 is 2.36 bits per heavy atom. The van der Waals surface area contributed by atoms with Gasteiger partial charge in [-0.3, -0.25) is 0 Å². The molecule has 0 aliphatic heterocycles. The summed E-state index contributed by atoms with van der Waals surface area (Å²) in [7, 11) is 3.17. The largest absolute Gasteiger partial charge is 0.354 e. The lowest BCUT2D eigenvalue weighted by molar-refractivity contribution is -0.117. The first kappa shape index (κ1) is 10.6. The van der Waals surface area contributed by atoms with E-state index in [1.54, 1.807) is 14.2 Å². The fourth-order valence-electron chi connectivity index (χ4n) is 0.892. The Morgan fingerprint density at radius 2 is 2.00 bits per heavy atom. The molecule has 0 rings (SSSR count). The van der Waals surface area contributed by atoms with E-state index in [0.29, 0.717) is 0 Å². The van der Waals surface area contributed by atoms with Gasteiger partial charge in [0.15, 0.2) is 6.29 Å². The van der Waals surface area contributed by atoms with Crippen molar-refractivity contribution in [3.05, 3.63) is 12.7 Å². The second-order valence-electron chi connectivity index (χ2n) is 2.37. The van der Waals surface area contributed by atoms with E-state index in [4.69, 9.17) is 15.2 Å². The van der Waals surface area contributed by atoms with Crippen LogP contribution in [0.1, 0.15) is 12.8 Å². The van der Waals surface area contributed by atoms with E-state index in [1.807, 2.05) is 6.08 Å². The quantitative estimate of drug-likeness (QED) is 0.462. The fraction of sp³-hybridized carbons (Fsp3) is 0.750. The molecule has 1 atom stereocenters. The van der Waals surface area contributed by atoms with Crippen molar-refractivity contribution >= 4 is 0 Å². The van der Waals surface area contributed by atoms with Crippen LogP contribution in [-0.2, 0) is 9.47 Å². The van der Waals surface area contributed by atoms with Crippen LogP contribution in [0.2, 0.25) is 0 Å². The maximum atomic E-state index is 5.73. The van der Waals surface area contributed by atoms with E-state index >= 15 is 0 Å². The normalized spacial score (nSPS) is 13.5. The zero-order chi connectivity index (χ0) is 8.69. The molecule has 3 heteroatoms. The van der Waals surface area contributed by atoms with Crippen LogP contribution in [-0.4, -0.2) is 26.6 Å². The van der Waals surface area contributed by atoms with Crippen molar-refractivity contribution < 1.29 is 9.47 Å². The Labute approximate surface area is 68.2 Å². The lowest BCUT2D eigenvalue weighted by Crippen LogP contribution is -2.37. The van der Waals surface area contributed by atoms with Gasteiger partial charge in [0.1, 0.15) is 0 Å². The van der Waals surface area contributed by atoms with E-state index in [2.05, 4.69) is 6.58 Å². The van der Waals surface area contributed by atoms with Gasteiger partial charge in [-0.25, -0.2) is 0 Å². The molecule has 2 N–H and O–H groups in total. The summed E-state index contributed by atoms with van der Waals surface area (Å²) in [5.74, 6) is 0. The van der Waals surface area contributed by atoms with Gasteiger partial charge in [0, 0.05) is 14.2 Å². The standard InChI is InChI=1S/C8H17NO2/c1-4-5-6-7(9)8(10-2)11-3/h4,7-8H,1,5-6,9H2,2-3H3. The van der Waals surface area contributed by atoms with E-state index in [1.165, 1.54) is 0 Å². The third-order valence-electron chi connectivity index (χ3n) is 1.52. The van der Waals surface area contributed by atoms with Crippen molar-refractivity contribution in [1.29, 1.82) is 0 Å². The lowest BCUT2D eigenvalue weighted by atomic mass is 10.1. The topological polar surface area (TPSA) is 44.5 Å². The van der Waals surface area contributed by atoms with Crippen LogP contribution >= 0.6 is 0 Å². The Kier molecular flexibility index (Phi) is 6.12. The Balaban J connectivity index is 3.59. The average molecular weight is 159 g/mol. The van der Waals surface area contributed by atoms with Gasteiger partial charge in [-0.2, -0.15) is 0 Å². The smallest absolute Gasteiger partial charge is 0.171 e. The molecule has 0 aromatic heterocycles. The van der Waals surface area contributed by atoms with E-state index in [9.17, 15) is 0 Å². The van der Waals surface area contributed by atoms with Crippen LogP contribution in [0.4, 0.5) is 0 Å².